The van der Waals surface area contributed by atoms with Crippen LogP contribution in [-0.2, 0) is 24.0 Å². The maximum Gasteiger partial charge on any atom is 0.316 e. The first-order chi connectivity index (χ1) is 22.8. The van der Waals surface area contributed by atoms with Crippen LogP contribution in [0.3, 0.4) is 0 Å². The number of carbonyl (C=O) groups is 6. The molecular formula is C35H52N6O6S. The Bertz CT molecular complexity index is 1260. The van der Waals surface area contributed by atoms with E-state index < -0.39 is 64.9 Å². The molecule has 1 heterocycles. The van der Waals surface area contributed by atoms with E-state index in [0.29, 0.717) is 32.1 Å². The zero-order valence-corrected chi connectivity index (χ0v) is 29.3. The van der Waals surface area contributed by atoms with Crippen molar-refractivity contribution >= 4 is 52.1 Å². The highest BCUT2D eigenvalue weighted by atomic mass is 32.2. The van der Waals surface area contributed by atoms with Crippen molar-refractivity contribution < 1.29 is 28.8 Å². The van der Waals surface area contributed by atoms with Crippen molar-refractivity contribution in [2.45, 2.75) is 116 Å². The van der Waals surface area contributed by atoms with Crippen LogP contribution >= 0.6 is 11.8 Å². The number of hydrogen-bond acceptors (Lipinski definition) is 8. The van der Waals surface area contributed by atoms with Crippen LogP contribution in [0.1, 0.15) is 91.4 Å². The number of urea groups is 1. The molecule has 0 aromatic heterocycles. The molecule has 2 aliphatic rings. The van der Waals surface area contributed by atoms with Gasteiger partial charge in [-0.2, -0.15) is 0 Å². The molecule has 0 spiro atoms. The Morgan fingerprint density at radius 2 is 1.67 bits per heavy atom. The normalized spacial score (nSPS) is 18.3. The van der Waals surface area contributed by atoms with E-state index in [1.165, 1.54) is 16.4 Å². The maximum atomic E-state index is 14.1. The molecule has 0 bridgehead atoms. The number of Topliss-reactive ketones (excluding diaryl/α,β-unsaturated/α-hetero) is 2. The largest absolute Gasteiger partial charge is 0.346 e. The van der Waals surface area contributed by atoms with Gasteiger partial charge in [0, 0.05) is 19.5 Å². The van der Waals surface area contributed by atoms with E-state index in [9.17, 15) is 28.8 Å². The number of rotatable bonds is 17. The van der Waals surface area contributed by atoms with Gasteiger partial charge in [-0.15, -0.1) is 18.9 Å². The van der Waals surface area contributed by atoms with Crippen molar-refractivity contribution in [2.75, 3.05) is 13.1 Å². The minimum atomic E-state index is -1.10. The van der Waals surface area contributed by atoms with E-state index in [0.717, 1.165) is 43.9 Å². The summed E-state index contributed by atoms with van der Waals surface area (Å²) in [5.74, 6) is -0.795. The summed E-state index contributed by atoms with van der Waals surface area (Å²) in [6, 6.07) is -4.73. The van der Waals surface area contributed by atoms with Gasteiger partial charge in [0.15, 0.2) is 0 Å². The lowest BCUT2D eigenvalue weighted by Crippen LogP contribution is -2.61. The molecule has 0 aromatic rings. The van der Waals surface area contributed by atoms with E-state index in [1.54, 1.807) is 20.8 Å². The Kier molecular flexibility index (Phi) is 16.6. The second kappa shape index (κ2) is 19.8. The Morgan fingerprint density at radius 3 is 2.27 bits per heavy atom. The fraction of sp³-hybridized carbons (Fsp3) is 0.629. The monoisotopic (exact) mass is 684 g/mol. The molecule has 4 atom stereocenters. The first-order valence-electron chi connectivity index (χ1n) is 16.7. The summed E-state index contributed by atoms with van der Waals surface area (Å²) >= 11 is 0.891. The van der Waals surface area contributed by atoms with Crippen molar-refractivity contribution in [1.29, 1.82) is 5.41 Å². The summed E-state index contributed by atoms with van der Waals surface area (Å²) in [5, 5.41) is 20.0. The molecule has 1 aliphatic carbocycles. The number of nitrogens with zero attached hydrogens (tertiary/aromatic N) is 1. The first-order valence-corrected chi connectivity index (χ1v) is 17.6. The molecule has 0 aromatic carbocycles. The van der Waals surface area contributed by atoms with Crippen LogP contribution in [0.5, 0.6) is 0 Å². The molecule has 48 heavy (non-hydrogen) atoms. The molecular weight excluding hydrogens is 632 g/mol. The molecule has 2 fully saturated rings. The summed E-state index contributed by atoms with van der Waals surface area (Å²) in [6.45, 7) is 12.8. The average molecular weight is 685 g/mol. The van der Waals surface area contributed by atoms with Gasteiger partial charge in [-0.3, -0.25) is 29.4 Å². The van der Waals surface area contributed by atoms with Crippen LogP contribution in [0, 0.1) is 29.1 Å². The third kappa shape index (κ3) is 12.0. The van der Waals surface area contributed by atoms with Gasteiger partial charge in [-0.1, -0.05) is 64.5 Å². The lowest BCUT2D eigenvalue weighted by atomic mass is 9.82. The smallest absolute Gasteiger partial charge is 0.316 e. The van der Waals surface area contributed by atoms with Crippen molar-refractivity contribution in [2.24, 2.45) is 11.3 Å². The van der Waals surface area contributed by atoms with E-state index in [1.807, 2.05) is 0 Å². The van der Waals surface area contributed by atoms with E-state index in [2.05, 4.69) is 40.3 Å². The van der Waals surface area contributed by atoms with E-state index in [-0.39, 0.29) is 30.5 Å². The Labute approximate surface area is 288 Å². The van der Waals surface area contributed by atoms with E-state index >= 15 is 0 Å². The highest BCUT2D eigenvalue weighted by Crippen LogP contribution is 2.29. The Morgan fingerprint density at radius 1 is 0.979 bits per heavy atom. The minimum absolute atomic E-state index is 0.0912. The second-order valence-electron chi connectivity index (χ2n) is 13.3. The molecule has 1 saturated heterocycles. The van der Waals surface area contributed by atoms with Gasteiger partial charge < -0.3 is 26.2 Å². The molecule has 1 saturated carbocycles. The zero-order valence-electron chi connectivity index (χ0n) is 28.5. The molecule has 0 radical (unpaired) electrons. The summed E-state index contributed by atoms with van der Waals surface area (Å²) in [6.07, 6.45) is 13.8. The lowest BCUT2D eigenvalue weighted by Gasteiger charge is -2.36. The van der Waals surface area contributed by atoms with Crippen molar-refractivity contribution in [3.05, 3.63) is 24.6 Å². The third-order valence-corrected chi connectivity index (χ3v) is 9.27. The molecule has 5 amide bonds. The van der Waals surface area contributed by atoms with Gasteiger partial charge in [-0.05, 0) is 61.7 Å². The fourth-order valence-electron chi connectivity index (χ4n) is 6.10. The van der Waals surface area contributed by atoms with Gasteiger partial charge in [0.25, 0.3) is 5.91 Å². The van der Waals surface area contributed by atoms with Crippen LogP contribution in [0.2, 0.25) is 0 Å². The van der Waals surface area contributed by atoms with Crippen LogP contribution < -0.4 is 21.3 Å². The van der Waals surface area contributed by atoms with Crippen LogP contribution in [0.15, 0.2) is 24.6 Å². The molecule has 1 aliphatic heterocycles. The average Bonchev–Trinajstić information content (AvgIpc) is 3.56. The number of likely N-dealkylation sites (tertiary alicyclic amines) is 1. The lowest BCUT2D eigenvalue weighted by molar-refractivity contribution is -0.143. The van der Waals surface area contributed by atoms with Gasteiger partial charge in [0.05, 0.1) is 12.1 Å². The maximum absolute atomic E-state index is 14.1. The summed E-state index contributed by atoms with van der Waals surface area (Å²) in [7, 11) is 0. The topological polar surface area (TPSA) is 178 Å². The number of terminal acetylenes is 1. The molecule has 13 heteroatoms. The fourth-order valence-corrected chi connectivity index (χ4v) is 6.51. The number of hydrogen-bond donors (Lipinski definition) is 5. The van der Waals surface area contributed by atoms with E-state index in [4.69, 9.17) is 11.8 Å². The Hall–Kier alpha value is -3.92. The Balaban J connectivity index is 2.23. The van der Waals surface area contributed by atoms with Gasteiger partial charge in [0.2, 0.25) is 23.4 Å². The number of carbonyl (C=O) groups excluding carboxylic acids is 6. The molecule has 264 valence electrons. The predicted octanol–water partition coefficient (Wildman–Crippen LogP) is 3.61. The highest BCUT2D eigenvalue weighted by Gasteiger charge is 2.43. The van der Waals surface area contributed by atoms with Crippen LogP contribution in [0.25, 0.3) is 0 Å². The quantitative estimate of drug-likeness (QED) is 0.0388. The number of nitrogens with one attached hydrogen (secondary N) is 5. The SMILES string of the molecule is C#CCCCCC(NC(=O)C1CCCN1C(=O)C(NC(=O)NC(C(=O)C(=N)SC=C)C1CCCCC1)C(C)(C)C)C(=O)C(=O)NCC=C. The van der Waals surface area contributed by atoms with Crippen molar-refractivity contribution in [3.63, 3.8) is 0 Å². The zero-order chi connectivity index (χ0) is 35.9. The molecule has 5 N–H and O–H groups in total. The van der Waals surface area contributed by atoms with Crippen LogP contribution in [-0.4, -0.2) is 82.5 Å². The molecule has 4 unspecified atom stereocenters. The number of thioether (sulfide) groups is 1. The number of ketones is 2. The standard InChI is InChI=1S/C35H52N6O6S/c1-7-10-11-15-19-24(27(42)32(45)37-21-8-2)38-31(44)25-20-16-22-41(25)33(46)29(35(4,5)6)40-34(47)39-26(23-17-13-12-14-18-23)28(43)30(36)48-9-3/h1,8-9,23-26,29,36H,2-3,10-22H2,4-6H3,(H,37,45)(H,38,44)(H2,39,40,47). The number of unbranched alkanes of at least 4 members (excludes halogenated alkanes) is 2. The predicted molar refractivity (Wildman–Crippen MR) is 188 cm³/mol. The van der Waals surface area contributed by atoms with Gasteiger partial charge in [0.1, 0.15) is 17.1 Å². The molecule has 2 rings (SSSR count). The van der Waals surface area contributed by atoms with Gasteiger partial charge >= 0.3 is 6.03 Å². The molecule has 12 nitrogen and oxygen atoms in total. The summed E-state index contributed by atoms with van der Waals surface area (Å²) < 4.78 is 0. The van der Waals surface area contributed by atoms with Crippen LogP contribution in [0.4, 0.5) is 4.79 Å². The van der Waals surface area contributed by atoms with Gasteiger partial charge in [-0.25, -0.2) is 4.79 Å². The minimum Gasteiger partial charge on any atom is -0.346 e. The second-order valence-corrected chi connectivity index (χ2v) is 14.3. The summed E-state index contributed by atoms with van der Waals surface area (Å²) in [5.41, 5.74) is -0.785. The van der Waals surface area contributed by atoms with Crippen molar-refractivity contribution in [1.82, 2.24) is 26.2 Å². The third-order valence-electron chi connectivity index (χ3n) is 8.67. The van der Waals surface area contributed by atoms with Crippen molar-refractivity contribution in [3.8, 4) is 12.3 Å². The number of amides is 5. The first kappa shape index (κ1) is 40.3. The highest BCUT2D eigenvalue weighted by molar-refractivity contribution is 8.18. The summed E-state index contributed by atoms with van der Waals surface area (Å²) in [4.78, 5) is 81.2.